The first-order valence-electron chi connectivity index (χ1n) is 8.65. The van der Waals surface area contributed by atoms with Gasteiger partial charge >= 0.3 is 0 Å². The molecular weight excluding hydrogens is 296 g/mol. The minimum absolute atomic E-state index is 0.918. The van der Waals surface area contributed by atoms with Gasteiger partial charge in [-0.3, -0.25) is 4.90 Å². The SMILES string of the molecule is Cc1cc2ncn(CN3CCN(c4ccccc4)CC3)c2cc1C. The van der Waals surface area contributed by atoms with Gasteiger partial charge in [0.05, 0.1) is 24.0 Å². The monoisotopic (exact) mass is 320 g/mol. The minimum atomic E-state index is 0.918. The van der Waals surface area contributed by atoms with Crippen LogP contribution in [0, 0.1) is 13.8 Å². The van der Waals surface area contributed by atoms with Crippen molar-refractivity contribution in [2.45, 2.75) is 20.5 Å². The van der Waals surface area contributed by atoms with Crippen LogP contribution >= 0.6 is 0 Å². The lowest BCUT2D eigenvalue weighted by Crippen LogP contribution is -2.46. The Labute approximate surface area is 143 Å². The number of para-hydroxylation sites is 1. The lowest BCUT2D eigenvalue weighted by Gasteiger charge is -2.36. The number of nitrogens with zero attached hydrogens (tertiary/aromatic N) is 4. The summed E-state index contributed by atoms with van der Waals surface area (Å²) in [7, 11) is 0. The van der Waals surface area contributed by atoms with Gasteiger partial charge in [-0.1, -0.05) is 18.2 Å². The van der Waals surface area contributed by atoms with E-state index in [1.807, 2.05) is 6.33 Å². The quantitative estimate of drug-likeness (QED) is 0.739. The van der Waals surface area contributed by atoms with Crippen molar-refractivity contribution >= 4 is 16.7 Å². The van der Waals surface area contributed by atoms with Crippen molar-refractivity contribution in [3.05, 3.63) is 59.9 Å². The number of aryl methyl sites for hydroxylation is 2. The summed E-state index contributed by atoms with van der Waals surface area (Å²) in [5.74, 6) is 0. The third-order valence-electron chi connectivity index (χ3n) is 5.08. The van der Waals surface area contributed by atoms with Crippen LogP contribution in [0.25, 0.3) is 11.0 Å². The number of aromatic nitrogens is 2. The summed E-state index contributed by atoms with van der Waals surface area (Å²) in [4.78, 5) is 9.55. The Balaban J connectivity index is 1.45. The molecule has 0 N–H and O–H groups in total. The van der Waals surface area contributed by atoms with Crippen LogP contribution in [0.3, 0.4) is 0 Å². The van der Waals surface area contributed by atoms with E-state index in [-0.39, 0.29) is 0 Å². The third kappa shape index (κ3) is 2.89. The molecular formula is C20H24N4. The van der Waals surface area contributed by atoms with E-state index < -0.39 is 0 Å². The van der Waals surface area contributed by atoms with E-state index in [0.717, 1.165) is 38.4 Å². The lowest BCUT2D eigenvalue weighted by molar-refractivity contribution is 0.209. The van der Waals surface area contributed by atoms with Crippen molar-refractivity contribution in [1.29, 1.82) is 0 Å². The Hall–Kier alpha value is -2.33. The van der Waals surface area contributed by atoms with Gasteiger partial charge in [0.15, 0.2) is 0 Å². The predicted octanol–water partition coefficient (Wildman–Crippen LogP) is 3.43. The van der Waals surface area contributed by atoms with E-state index in [4.69, 9.17) is 0 Å². The highest BCUT2D eigenvalue weighted by atomic mass is 15.3. The highest BCUT2D eigenvalue weighted by Crippen LogP contribution is 2.20. The van der Waals surface area contributed by atoms with Crippen LogP contribution in [-0.4, -0.2) is 40.6 Å². The van der Waals surface area contributed by atoms with E-state index in [2.05, 4.69) is 75.7 Å². The van der Waals surface area contributed by atoms with Crippen LogP contribution < -0.4 is 4.90 Å². The molecule has 0 saturated carbocycles. The maximum atomic E-state index is 4.57. The van der Waals surface area contributed by atoms with E-state index in [1.54, 1.807) is 0 Å². The van der Waals surface area contributed by atoms with Gasteiger partial charge in [0.2, 0.25) is 0 Å². The topological polar surface area (TPSA) is 24.3 Å². The maximum absolute atomic E-state index is 4.57. The number of hydrogen-bond donors (Lipinski definition) is 0. The second-order valence-electron chi connectivity index (χ2n) is 6.72. The zero-order valence-corrected chi connectivity index (χ0v) is 14.4. The first-order chi connectivity index (χ1) is 11.7. The number of fused-ring (bicyclic) bond motifs is 1. The summed E-state index contributed by atoms with van der Waals surface area (Å²) in [6.45, 7) is 9.56. The molecule has 4 nitrogen and oxygen atoms in total. The Bertz CT molecular complexity index is 829. The first kappa shape index (κ1) is 15.2. The average Bonchev–Trinajstić information content (AvgIpc) is 2.99. The molecule has 1 aromatic heterocycles. The molecule has 4 rings (SSSR count). The number of piperazine rings is 1. The van der Waals surface area contributed by atoms with Gasteiger partial charge in [0.1, 0.15) is 0 Å². The van der Waals surface area contributed by atoms with Crippen molar-refractivity contribution in [3.63, 3.8) is 0 Å². The van der Waals surface area contributed by atoms with Crippen LogP contribution in [0.5, 0.6) is 0 Å². The van der Waals surface area contributed by atoms with Crippen LogP contribution in [0.4, 0.5) is 5.69 Å². The largest absolute Gasteiger partial charge is 0.369 e. The van der Waals surface area contributed by atoms with Gasteiger partial charge in [-0.2, -0.15) is 0 Å². The second kappa shape index (κ2) is 6.29. The number of rotatable bonds is 3. The molecule has 2 heterocycles. The number of imidazole rings is 1. The summed E-state index contributed by atoms with van der Waals surface area (Å²) < 4.78 is 2.28. The Morgan fingerprint density at radius 2 is 1.62 bits per heavy atom. The van der Waals surface area contributed by atoms with Crippen LogP contribution in [-0.2, 0) is 6.67 Å². The first-order valence-corrected chi connectivity index (χ1v) is 8.65. The second-order valence-corrected chi connectivity index (χ2v) is 6.72. The Morgan fingerprint density at radius 1 is 0.917 bits per heavy atom. The molecule has 0 amide bonds. The van der Waals surface area contributed by atoms with Crippen molar-refractivity contribution in [1.82, 2.24) is 14.5 Å². The highest BCUT2D eigenvalue weighted by Gasteiger charge is 2.18. The summed E-state index contributed by atoms with van der Waals surface area (Å²) >= 11 is 0. The van der Waals surface area contributed by atoms with Crippen LogP contribution in [0.2, 0.25) is 0 Å². The molecule has 3 aromatic rings. The standard InChI is InChI=1S/C20H24N4/c1-16-12-19-20(13-17(16)2)24(14-21-19)15-22-8-10-23(11-9-22)18-6-4-3-5-7-18/h3-7,12-14H,8-11,15H2,1-2H3. The summed E-state index contributed by atoms with van der Waals surface area (Å²) in [5.41, 5.74) is 6.31. The van der Waals surface area contributed by atoms with Gasteiger partial charge in [0.25, 0.3) is 0 Å². The van der Waals surface area contributed by atoms with Crippen molar-refractivity contribution in [3.8, 4) is 0 Å². The lowest BCUT2D eigenvalue weighted by atomic mass is 10.1. The maximum Gasteiger partial charge on any atom is 0.0969 e. The zero-order valence-electron chi connectivity index (χ0n) is 14.4. The minimum Gasteiger partial charge on any atom is -0.369 e. The predicted molar refractivity (Wildman–Crippen MR) is 99.4 cm³/mol. The van der Waals surface area contributed by atoms with Gasteiger partial charge in [-0.25, -0.2) is 4.98 Å². The van der Waals surface area contributed by atoms with Gasteiger partial charge < -0.3 is 9.47 Å². The molecule has 1 saturated heterocycles. The highest BCUT2D eigenvalue weighted by molar-refractivity contribution is 5.77. The fourth-order valence-corrected chi connectivity index (χ4v) is 3.43. The molecule has 24 heavy (non-hydrogen) atoms. The van der Waals surface area contributed by atoms with E-state index in [9.17, 15) is 0 Å². The van der Waals surface area contributed by atoms with Gasteiger partial charge in [0, 0.05) is 31.9 Å². The third-order valence-corrected chi connectivity index (χ3v) is 5.08. The van der Waals surface area contributed by atoms with Crippen LogP contribution in [0.15, 0.2) is 48.8 Å². The number of benzene rings is 2. The van der Waals surface area contributed by atoms with Crippen molar-refractivity contribution in [2.24, 2.45) is 0 Å². The fourth-order valence-electron chi connectivity index (χ4n) is 3.43. The smallest absolute Gasteiger partial charge is 0.0969 e. The Morgan fingerprint density at radius 3 is 2.38 bits per heavy atom. The molecule has 0 bridgehead atoms. The van der Waals surface area contributed by atoms with Crippen molar-refractivity contribution in [2.75, 3.05) is 31.1 Å². The molecule has 0 radical (unpaired) electrons. The van der Waals surface area contributed by atoms with Gasteiger partial charge in [-0.15, -0.1) is 0 Å². The van der Waals surface area contributed by atoms with Crippen molar-refractivity contribution < 1.29 is 0 Å². The molecule has 0 aliphatic carbocycles. The van der Waals surface area contributed by atoms with Gasteiger partial charge in [-0.05, 0) is 49.2 Å². The fraction of sp³-hybridized carbons (Fsp3) is 0.350. The zero-order chi connectivity index (χ0) is 16.5. The molecule has 2 aromatic carbocycles. The molecule has 1 aliphatic heterocycles. The van der Waals surface area contributed by atoms with Crippen LogP contribution in [0.1, 0.15) is 11.1 Å². The number of anilines is 1. The summed E-state index contributed by atoms with van der Waals surface area (Å²) in [6, 6.07) is 15.2. The van der Waals surface area contributed by atoms with E-state index in [1.165, 1.54) is 22.3 Å². The molecule has 0 atom stereocenters. The average molecular weight is 320 g/mol. The van der Waals surface area contributed by atoms with E-state index >= 15 is 0 Å². The molecule has 1 fully saturated rings. The normalized spacial score (nSPS) is 16.0. The molecule has 0 spiro atoms. The molecule has 0 unspecified atom stereocenters. The summed E-state index contributed by atoms with van der Waals surface area (Å²) in [5, 5.41) is 0. The number of hydrogen-bond acceptors (Lipinski definition) is 3. The molecule has 1 aliphatic rings. The molecule has 4 heteroatoms. The molecule has 124 valence electrons. The van der Waals surface area contributed by atoms with E-state index in [0.29, 0.717) is 0 Å². The Kier molecular flexibility index (Phi) is 3.98. The summed E-state index contributed by atoms with van der Waals surface area (Å²) in [6.07, 6.45) is 1.98.